The summed E-state index contributed by atoms with van der Waals surface area (Å²) in [6, 6.07) is -4.55. The third kappa shape index (κ3) is 9.44. The summed E-state index contributed by atoms with van der Waals surface area (Å²) in [5.74, 6) is -6.06. The normalized spacial score (nSPS) is 13.5. The van der Waals surface area contributed by atoms with Crippen LogP contribution in [0.5, 0.6) is 0 Å². The van der Waals surface area contributed by atoms with Gasteiger partial charge in [0.1, 0.15) is 18.1 Å². The molecule has 11 N–H and O–H groups in total. The number of carbonyl (C=O) groups is 6. The van der Waals surface area contributed by atoms with Gasteiger partial charge in [0.15, 0.2) is 0 Å². The van der Waals surface area contributed by atoms with Gasteiger partial charge < -0.3 is 43.4 Å². The number of carboxylic acid groups (broad SMARTS) is 1. The average molecular weight is 404 g/mol. The van der Waals surface area contributed by atoms with E-state index in [9.17, 15) is 28.8 Å². The van der Waals surface area contributed by atoms with Crippen LogP contribution < -0.4 is 33.2 Å². The molecule has 0 saturated heterocycles. The predicted octanol–water partition coefficient (Wildman–Crippen LogP) is -5.38. The van der Waals surface area contributed by atoms with E-state index in [4.69, 9.17) is 27.4 Å². The fourth-order valence-corrected chi connectivity index (χ4v) is 1.95. The quantitative estimate of drug-likeness (QED) is 0.145. The molecule has 0 aliphatic carbocycles. The molecule has 158 valence electrons. The maximum atomic E-state index is 12.3. The Labute approximate surface area is 159 Å². The molecule has 14 heteroatoms. The van der Waals surface area contributed by atoms with Gasteiger partial charge in [0, 0.05) is 6.42 Å². The number of hydrogen-bond acceptors (Lipinski definition) is 8. The van der Waals surface area contributed by atoms with Gasteiger partial charge in [0.25, 0.3) is 0 Å². The second-order valence-corrected chi connectivity index (χ2v) is 5.64. The molecule has 0 aliphatic heterocycles. The van der Waals surface area contributed by atoms with Crippen LogP contribution in [0.3, 0.4) is 0 Å². The number of nitrogens with two attached hydrogens (primary N) is 3. The summed E-state index contributed by atoms with van der Waals surface area (Å²) in [7, 11) is 0. The fraction of sp³-hybridized carbons (Fsp3) is 0.571. The monoisotopic (exact) mass is 404 g/mol. The van der Waals surface area contributed by atoms with E-state index in [1.165, 1.54) is 0 Å². The number of aliphatic hydroxyl groups is 1. The van der Waals surface area contributed by atoms with Gasteiger partial charge in [-0.3, -0.25) is 24.0 Å². The molecule has 3 unspecified atom stereocenters. The Morgan fingerprint density at radius 2 is 1.36 bits per heavy atom. The smallest absolute Gasteiger partial charge is 0.328 e. The molecule has 3 atom stereocenters. The minimum Gasteiger partial charge on any atom is -0.480 e. The van der Waals surface area contributed by atoms with Crippen LogP contribution in [0.2, 0.25) is 0 Å². The number of primary amides is 2. The van der Waals surface area contributed by atoms with E-state index in [1.807, 2.05) is 5.32 Å². The lowest BCUT2D eigenvalue weighted by Crippen LogP contribution is -2.57. The molecule has 0 aromatic carbocycles. The van der Waals surface area contributed by atoms with E-state index < -0.39 is 73.2 Å². The van der Waals surface area contributed by atoms with Gasteiger partial charge >= 0.3 is 5.97 Å². The summed E-state index contributed by atoms with van der Waals surface area (Å²) in [5, 5.41) is 24.1. The highest BCUT2D eigenvalue weighted by Gasteiger charge is 2.30. The topological polar surface area (TPSA) is 257 Å². The lowest BCUT2D eigenvalue weighted by atomic mass is 10.1. The molecule has 0 bridgehead atoms. The summed E-state index contributed by atoms with van der Waals surface area (Å²) in [5.41, 5.74) is 15.2. The maximum absolute atomic E-state index is 12.3. The number of aliphatic hydroxyl groups excluding tert-OH is 1. The van der Waals surface area contributed by atoms with Crippen molar-refractivity contribution in [2.75, 3.05) is 13.2 Å². The molecular weight excluding hydrogens is 380 g/mol. The second-order valence-electron chi connectivity index (χ2n) is 5.64. The van der Waals surface area contributed by atoms with Crippen LogP contribution in [-0.2, 0) is 28.8 Å². The van der Waals surface area contributed by atoms with E-state index in [-0.39, 0.29) is 12.8 Å². The van der Waals surface area contributed by atoms with Gasteiger partial charge in [-0.1, -0.05) is 0 Å². The molecule has 0 spiro atoms. The van der Waals surface area contributed by atoms with Crippen molar-refractivity contribution in [1.29, 1.82) is 0 Å². The predicted molar refractivity (Wildman–Crippen MR) is 91.8 cm³/mol. The fourth-order valence-electron chi connectivity index (χ4n) is 1.95. The Bertz CT molecular complexity index is 625. The number of aliphatic carboxylic acids is 1. The third-order valence-electron chi connectivity index (χ3n) is 3.35. The standard InChI is InChI=1S/C14H24N6O8/c15-4-11(24)18-7(3-10(17)23)13(26)19-6(1-2-9(16)22)12(25)20-8(5-21)14(27)28/h6-8,21H,1-5,15H2,(H2,16,22)(H2,17,23)(H,18,24)(H,19,26)(H,20,25)(H,27,28). The summed E-state index contributed by atoms with van der Waals surface area (Å²) in [6.07, 6.45) is -1.25. The van der Waals surface area contributed by atoms with Gasteiger partial charge in [0.05, 0.1) is 19.6 Å². The highest BCUT2D eigenvalue weighted by atomic mass is 16.4. The number of amides is 5. The van der Waals surface area contributed by atoms with Crippen molar-refractivity contribution >= 4 is 35.5 Å². The van der Waals surface area contributed by atoms with Crippen molar-refractivity contribution in [3.8, 4) is 0 Å². The molecule has 0 rings (SSSR count). The minimum absolute atomic E-state index is 0.307. The summed E-state index contributed by atoms with van der Waals surface area (Å²) < 4.78 is 0. The van der Waals surface area contributed by atoms with E-state index >= 15 is 0 Å². The Morgan fingerprint density at radius 3 is 1.79 bits per heavy atom. The molecule has 0 fully saturated rings. The highest BCUT2D eigenvalue weighted by molar-refractivity contribution is 5.95. The molecule has 14 nitrogen and oxygen atoms in total. The zero-order valence-electron chi connectivity index (χ0n) is 14.8. The Hall–Kier alpha value is -3.26. The SMILES string of the molecule is NCC(=O)NC(CC(N)=O)C(=O)NC(CCC(N)=O)C(=O)NC(CO)C(=O)O. The van der Waals surface area contributed by atoms with Gasteiger partial charge in [-0.25, -0.2) is 4.79 Å². The first-order valence-corrected chi connectivity index (χ1v) is 8.02. The van der Waals surface area contributed by atoms with Crippen LogP contribution in [0.4, 0.5) is 0 Å². The van der Waals surface area contributed by atoms with E-state index in [0.29, 0.717) is 0 Å². The lowest BCUT2D eigenvalue weighted by molar-refractivity contribution is -0.143. The first-order chi connectivity index (χ1) is 13.0. The molecule has 0 saturated carbocycles. The number of carbonyl (C=O) groups excluding carboxylic acids is 5. The largest absolute Gasteiger partial charge is 0.480 e. The highest BCUT2D eigenvalue weighted by Crippen LogP contribution is 2.02. The molecule has 0 aromatic heterocycles. The first-order valence-electron chi connectivity index (χ1n) is 8.02. The van der Waals surface area contributed by atoms with Crippen molar-refractivity contribution in [3.05, 3.63) is 0 Å². The second kappa shape index (κ2) is 12.2. The number of carboxylic acids is 1. The molecule has 0 heterocycles. The first kappa shape index (κ1) is 24.7. The number of rotatable bonds is 13. The minimum atomic E-state index is -1.65. The number of nitrogens with one attached hydrogen (secondary N) is 3. The van der Waals surface area contributed by atoms with Crippen molar-refractivity contribution in [1.82, 2.24) is 16.0 Å². The summed E-state index contributed by atoms with van der Waals surface area (Å²) in [6.45, 7) is -1.40. The zero-order chi connectivity index (χ0) is 21.9. The van der Waals surface area contributed by atoms with E-state index in [1.54, 1.807) is 0 Å². The van der Waals surface area contributed by atoms with Gasteiger partial charge in [-0.2, -0.15) is 0 Å². The Morgan fingerprint density at radius 1 is 0.821 bits per heavy atom. The van der Waals surface area contributed by atoms with Crippen LogP contribution in [0.1, 0.15) is 19.3 Å². The average Bonchev–Trinajstić information content (AvgIpc) is 2.60. The van der Waals surface area contributed by atoms with Crippen molar-refractivity contribution in [2.45, 2.75) is 37.4 Å². The molecule has 28 heavy (non-hydrogen) atoms. The van der Waals surface area contributed by atoms with Crippen LogP contribution in [0.25, 0.3) is 0 Å². The van der Waals surface area contributed by atoms with Crippen molar-refractivity contribution in [3.63, 3.8) is 0 Å². The van der Waals surface area contributed by atoms with Gasteiger partial charge in [-0.15, -0.1) is 0 Å². The lowest BCUT2D eigenvalue weighted by Gasteiger charge is -2.23. The Balaban J connectivity index is 5.35. The molecular formula is C14H24N6O8. The van der Waals surface area contributed by atoms with Crippen LogP contribution in [0.15, 0.2) is 0 Å². The zero-order valence-corrected chi connectivity index (χ0v) is 14.8. The molecule has 0 aromatic rings. The molecule has 0 aliphatic rings. The van der Waals surface area contributed by atoms with Crippen LogP contribution in [0, 0.1) is 0 Å². The van der Waals surface area contributed by atoms with E-state index in [2.05, 4.69) is 10.6 Å². The maximum Gasteiger partial charge on any atom is 0.328 e. The number of hydrogen-bond donors (Lipinski definition) is 8. The summed E-state index contributed by atoms with van der Waals surface area (Å²) in [4.78, 5) is 69.0. The van der Waals surface area contributed by atoms with Crippen molar-refractivity contribution < 1.29 is 39.0 Å². The van der Waals surface area contributed by atoms with Gasteiger partial charge in [0.2, 0.25) is 29.5 Å². The van der Waals surface area contributed by atoms with Crippen molar-refractivity contribution in [2.24, 2.45) is 17.2 Å². The molecule has 0 radical (unpaired) electrons. The summed E-state index contributed by atoms with van der Waals surface area (Å²) >= 11 is 0. The van der Waals surface area contributed by atoms with Crippen LogP contribution >= 0.6 is 0 Å². The Kier molecular flexibility index (Phi) is 10.8. The molecule has 5 amide bonds. The third-order valence-corrected chi connectivity index (χ3v) is 3.35. The van der Waals surface area contributed by atoms with Gasteiger partial charge in [-0.05, 0) is 6.42 Å². The van der Waals surface area contributed by atoms with E-state index in [0.717, 1.165) is 0 Å². The van der Waals surface area contributed by atoms with Crippen LogP contribution in [-0.4, -0.2) is 77.0 Å².